The summed E-state index contributed by atoms with van der Waals surface area (Å²) in [6.45, 7) is 0. The molecule has 0 spiro atoms. The van der Waals surface area contributed by atoms with Crippen molar-refractivity contribution in [2.45, 2.75) is 0 Å². The second-order valence-corrected chi connectivity index (χ2v) is 5.71. The van der Waals surface area contributed by atoms with Gasteiger partial charge in [0.05, 0.1) is 0 Å². The van der Waals surface area contributed by atoms with E-state index in [2.05, 4.69) is 84.3 Å². The first-order valence-corrected chi connectivity index (χ1v) is 7.83. The Hall–Kier alpha value is -2.38. The van der Waals surface area contributed by atoms with Crippen LogP contribution in [-0.4, -0.2) is 0 Å². The van der Waals surface area contributed by atoms with Crippen LogP contribution in [0.5, 0.6) is 0 Å². The minimum atomic E-state index is 1.23. The number of hydrogen-bond donors (Lipinski definition) is 0. The molecule has 0 saturated heterocycles. The van der Waals surface area contributed by atoms with E-state index in [0.717, 1.165) is 0 Å². The van der Waals surface area contributed by atoms with E-state index < -0.39 is 0 Å². The zero-order valence-corrected chi connectivity index (χ0v) is 12.5. The van der Waals surface area contributed by atoms with E-state index in [9.17, 15) is 0 Å². The van der Waals surface area contributed by atoms with Gasteiger partial charge in [0.1, 0.15) is 0 Å². The van der Waals surface area contributed by atoms with Crippen LogP contribution in [0.4, 0.5) is 0 Å². The van der Waals surface area contributed by atoms with E-state index in [-0.39, 0.29) is 0 Å². The molecule has 0 N–H and O–H groups in total. The maximum atomic E-state index is 2.21. The van der Waals surface area contributed by atoms with E-state index >= 15 is 0 Å². The first-order chi connectivity index (χ1) is 10.4. The lowest BCUT2D eigenvalue weighted by Crippen LogP contribution is -1.69. The van der Waals surface area contributed by atoms with E-state index in [1.807, 2.05) is 12.1 Å². The van der Waals surface area contributed by atoms with Crippen molar-refractivity contribution in [2.75, 3.05) is 0 Å². The molecule has 1 aromatic heterocycles. The van der Waals surface area contributed by atoms with Crippen LogP contribution in [0.2, 0.25) is 0 Å². The molecule has 1 heteroatoms. The van der Waals surface area contributed by atoms with Gasteiger partial charge in [-0.3, -0.25) is 0 Å². The molecular weight excluding hydrogens is 272 g/mol. The molecule has 0 amide bonds. The number of hydrogen-bond acceptors (Lipinski definition) is 1. The second kappa shape index (κ2) is 6.87. The van der Waals surface area contributed by atoms with Crippen LogP contribution in [0.1, 0.15) is 21.6 Å². The molecular formula is C20H16S. The number of benzene rings is 2. The molecule has 3 aromatic rings. The van der Waals surface area contributed by atoms with Crippen LogP contribution in [0.3, 0.4) is 0 Å². The van der Waals surface area contributed by atoms with E-state index in [1.54, 1.807) is 11.3 Å². The van der Waals surface area contributed by atoms with E-state index in [4.69, 9.17) is 0 Å². The second-order valence-electron chi connectivity index (χ2n) is 4.77. The van der Waals surface area contributed by atoms with Crippen LogP contribution in [0.15, 0.2) is 72.1 Å². The summed E-state index contributed by atoms with van der Waals surface area (Å²) in [4.78, 5) is 1.27. The molecule has 21 heavy (non-hydrogen) atoms. The molecule has 0 atom stereocenters. The predicted molar refractivity (Wildman–Crippen MR) is 95.1 cm³/mol. The summed E-state index contributed by atoms with van der Waals surface area (Å²) in [5, 5.41) is 2.18. The van der Waals surface area contributed by atoms with Crippen molar-refractivity contribution in [3.8, 4) is 0 Å². The zero-order chi connectivity index (χ0) is 14.3. The third-order valence-electron chi connectivity index (χ3n) is 3.15. The standard InChI is InChI=1S/C20H16S/c1-3-7-17(8-4-1)11-12-19-15-20(21-16-19)14-13-18-9-5-2-6-10-18/h1-16H/b12-11+,14-13+. The molecule has 0 aliphatic carbocycles. The van der Waals surface area contributed by atoms with Crippen molar-refractivity contribution >= 4 is 35.6 Å². The molecule has 2 aromatic carbocycles. The Balaban J connectivity index is 1.69. The van der Waals surface area contributed by atoms with E-state index in [0.29, 0.717) is 0 Å². The molecule has 0 radical (unpaired) electrons. The molecule has 0 bridgehead atoms. The third-order valence-corrected chi connectivity index (χ3v) is 4.06. The normalized spacial score (nSPS) is 11.4. The van der Waals surface area contributed by atoms with Gasteiger partial charge in [-0.1, -0.05) is 78.9 Å². The minimum Gasteiger partial charge on any atom is -0.144 e. The predicted octanol–water partition coefficient (Wildman–Crippen LogP) is 6.09. The number of rotatable bonds is 4. The van der Waals surface area contributed by atoms with Crippen molar-refractivity contribution in [3.05, 3.63) is 93.7 Å². The fraction of sp³-hybridized carbons (Fsp3) is 0. The Morgan fingerprint density at radius 1 is 0.571 bits per heavy atom. The Bertz CT molecular complexity index is 670. The molecule has 0 unspecified atom stereocenters. The summed E-state index contributed by atoms with van der Waals surface area (Å²) >= 11 is 1.77. The molecule has 0 fully saturated rings. The summed E-state index contributed by atoms with van der Waals surface area (Å²) in [7, 11) is 0. The fourth-order valence-corrected chi connectivity index (χ4v) is 2.81. The lowest BCUT2D eigenvalue weighted by Gasteiger charge is -1.90. The molecule has 3 rings (SSSR count). The molecule has 0 nitrogen and oxygen atoms in total. The van der Waals surface area contributed by atoms with Gasteiger partial charge in [0.2, 0.25) is 0 Å². The Morgan fingerprint density at radius 3 is 1.71 bits per heavy atom. The SMILES string of the molecule is C(=C\c1csc(/C=C/c2ccccc2)c1)/c1ccccc1. The van der Waals surface area contributed by atoms with Gasteiger partial charge >= 0.3 is 0 Å². The summed E-state index contributed by atoms with van der Waals surface area (Å²) < 4.78 is 0. The number of thiophene rings is 1. The molecule has 1 heterocycles. The highest BCUT2D eigenvalue weighted by Gasteiger charge is 1.94. The summed E-state index contributed by atoms with van der Waals surface area (Å²) in [5.41, 5.74) is 3.70. The minimum absolute atomic E-state index is 1.23. The van der Waals surface area contributed by atoms with Gasteiger partial charge in [0.15, 0.2) is 0 Å². The highest BCUT2D eigenvalue weighted by molar-refractivity contribution is 7.11. The summed E-state index contributed by atoms with van der Waals surface area (Å²) in [6.07, 6.45) is 8.62. The van der Waals surface area contributed by atoms with Gasteiger partial charge in [0.25, 0.3) is 0 Å². The fourth-order valence-electron chi connectivity index (χ4n) is 2.04. The van der Waals surface area contributed by atoms with Gasteiger partial charge in [-0.05, 0) is 34.2 Å². The Kier molecular flexibility index (Phi) is 4.45. The van der Waals surface area contributed by atoms with Crippen LogP contribution in [0, 0.1) is 0 Å². The van der Waals surface area contributed by atoms with Gasteiger partial charge in [0, 0.05) is 4.88 Å². The maximum absolute atomic E-state index is 2.21. The van der Waals surface area contributed by atoms with Crippen molar-refractivity contribution in [2.24, 2.45) is 0 Å². The van der Waals surface area contributed by atoms with Crippen LogP contribution < -0.4 is 0 Å². The van der Waals surface area contributed by atoms with Gasteiger partial charge < -0.3 is 0 Å². The van der Waals surface area contributed by atoms with Crippen molar-refractivity contribution in [1.82, 2.24) is 0 Å². The van der Waals surface area contributed by atoms with Gasteiger partial charge in [-0.25, -0.2) is 0 Å². The highest BCUT2D eigenvalue weighted by Crippen LogP contribution is 2.19. The van der Waals surface area contributed by atoms with Crippen molar-refractivity contribution in [3.63, 3.8) is 0 Å². The topological polar surface area (TPSA) is 0 Å². The summed E-state index contributed by atoms with van der Waals surface area (Å²) in [5.74, 6) is 0. The smallest absolute Gasteiger partial charge is 0.0276 e. The Labute approximate surface area is 129 Å². The quantitative estimate of drug-likeness (QED) is 0.545. The first-order valence-electron chi connectivity index (χ1n) is 6.95. The molecule has 0 saturated carbocycles. The van der Waals surface area contributed by atoms with Crippen LogP contribution in [-0.2, 0) is 0 Å². The maximum Gasteiger partial charge on any atom is 0.0276 e. The zero-order valence-electron chi connectivity index (χ0n) is 11.6. The van der Waals surface area contributed by atoms with Crippen molar-refractivity contribution in [1.29, 1.82) is 0 Å². The van der Waals surface area contributed by atoms with Gasteiger partial charge in [-0.2, -0.15) is 0 Å². The van der Waals surface area contributed by atoms with Crippen LogP contribution in [0.25, 0.3) is 24.3 Å². The summed E-state index contributed by atoms with van der Waals surface area (Å²) in [6, 6.07) is 23.0. The molecule has 0 aliphatic rings. The molecule has 102 valence electrons. The van der Waals surface area contributed by atoms with Crippen LogP contribution >= 0.6 is 11.3 Å². The average molecular weight is 288 g/mol. The monoisotopic (exact) mass is 288 g/mol. The van der Waals surface area contributed by atoms with E-state index in [1.165, 1.54) is 21.6 Å². The third kappa shape index (κ3) is 4.04. The lowest BCUT2D eigenvalue weighted by molar-refractivity contribution is 1.66. The average Bonchev–Trinajstić information content (AvgIpc) is 3.01. The first kappa shape index (κ1) is 13.6. The lowest BCUT2D eigenvalue weighted by atomic mass is 10.2. The van der Waals surface area contributed by atoms with Gasteiger partial charge in [-0.15, -0.1) is 11.3 Å². The molecule has 0 aliphatic heterocycles. The highest BCUT2D eigenvalue weighted by atomic mass is 32.1. The Morgan fingerprint density at radius 2 is 1.10 bits per heavy atom. The van der Waals surface area contributed by atoms with Crippen molar-refractivity contribution < 1.29 is 0 Å². The largest absolute Gasteiger partial charge is 0.144 e.